The number of aliphatic hydroxyl groups is 1. The number of sulfonamides is 1. The first-order chi connectivity index (χ1) is 9.83. The molecule has 112 valence electrons. The summed E-state index contributed by atoms with van der Waals surface area (Å²) in [5.74, 6) is 0. The zero-order chi connectivity index (χ0) is 15.6. The van der Waals surface area contributed by atoms with Crippen molar-refractivity contribution in [3.8, 4) is 0 Å². The molecule has 21 heavy (non-hydrogen) atoms. The van der Waals surface area contributed by atoms with Gasteiger partial charge in [0.05, 0.1) is 22.9 Å². The van der Waals surface area contributed by atoms with E-state index in [4.69, 9.17) is 16.7 Å². The highest BCUT2D eigenvalue weighted by atomic mass is 35.5. The lowest BCUT2D eigenvalue weighted by molar-refractivity contribution is 0.282. The van der Waals surface area contributed by atoms with Crippen LogP contribution in [0.25, 0.3) is 0 Å². The average Bonchev–Trinajstić information content (AvgIpc) is 2.42. The van der Waals surface area contributed by atoms with Crippen LogP contribution in [0.3, 0.4) is 0 Å². The Morgan fingerprint density at radius 2 is 1.95 bits per heavy atom. The number of benzene rings is 1. The van der Waals surface area contributed by atoms with Crippen LogP contribution in [0.15, 0.2) is 35.2 Å². The van der Waals surface area contributed by atoms with Gasteiger partial charge < -0.3 is 5.11 Å². The summed E-state index contributed by atoms with van der Waals surface area (Å²) < 4.78 is 27.1. The number of hydrogen-bond donors (Lipinski definition) is 2. The molecule has 0 spiro atoms. The second-order valence-corrected chi connectivity index (χ2v) is 6.69. The maximum absolute atomic E-state index is 12.3. The predicted molar refractivity (Wildman–Crippen MR) is 81.9 cm³/mol. The number of nitrogens with zero attached hydrogens (tertiary/aromatic N) is 1. The van der Waals surface area contributed by atoms with Crippen molar-refractivity contribution in [2.24, 2.45) is 0 Å². The Bertz CT molecular complexity index is 776. The Morgan fingerprint density at radius 1 is 1.24 bits per heavy atom. The number of hydrogen-bond acceptors (Lipinski definition) is 4. The van der Waals surface area contributed by atoms with Gasteiger partial charge in [-0.25, -0.2) is 8.42 Å². The van der Waals surface area contributed by atoms with Crippen molar-refractivity contribution in [1.29, 1.82) is 0 Å². The molecule has 0 aliphatic carbocycles. The number of anilines is 1. The minimum Gasteiger partial charge on any atom is -0.392 e. The van der Waals surface area contributed by atoms with Gasteiger partial charge in [0.15, 0.2) is 0 Å². The Balaban J connectivity index is 2.36. The summed E-state index contributed by atoms with van der Waals surface area (Å²) in [6, 6.07) is 7.59. The molecule has 0 fully saturated rings. The Hall–Kier alpha value is -1.63. The fraction of sp³-hybridized carbons (Fsp3) is 0.214. The van der Waals surface area contributed by atoms with Crippen LogP contribution in [0.5, 0.6) is 0 Å². The van der Waals surface area contributed by atoms with Gasteiger partial charge in [-0.1, -0.05) is 17.7 Å². The SMILES string of the molecule is Cc1ccc(NS(=O)(=O)c2ccc(CO)c(Cl)c2)c(C)n1. The number of aromatic nitrogens is 1. The molecule has 0 amide bonds. The van der Waals surface area contributed by atoms with E-state index in [0.717, 1.165) is 5.69 Å². The monoisotopic (exact) mass is 326 g/mol. The van der Waals surface area contributed by atoms with Crippen molar-refractivity contribution >= 4 is 27.3 Å². The van der Waals surface area contributed by atoms with E-state index in [0.29, 0.717) is 16.9 Å². The van der Waals surface area contributed by atoms with E-state index in [1.54, 1.807) is 19.1 Å². The van der Waals surface area contributed by atoms with E-state index >= 15 is 0 Å². The summed E-state index contributed by atoms with van der Waals surface area (Å²) >= 11 is 5.93. The van der Waals surface area contributed by atoms with Crippen molar-refractivity contribution in [1.82, 2.24) is 4.98 Å². The van der Waals surface area contributed by atoms with Crippen LogP contribution in [-0.4, -0.2) is 18.5 Å². The molecule has 2 rings (SSSR count). The van der Waals surface area contributed by atoms with Gasteiger partial charge in [-0.3, -0.25) is 9.71 Å². The Kier molecular flexibility index (Phi) is 4.51. The molecular weight excluding hydrogens is 312 g/mol. The summed E-state index contributed by atoms with van der Waals surface area (Å²) in [5, 5.41) is 9.26. The first-order valence-corrected chi connectivity index (χ1v) is 8.06. The number of aryl methyl sites for hydroxylation is 2. The molecular formula is C14H15ClN2O3S. The second-order valence-electron chi connectivity index (χ2n) is 4.60. The van der Waals surface area contributed by atoms with E-state index in [9.17, 15) is 8.42 Å². The average molecular weight is 327 g/mol. The van der Waals surface area contributed by atoms with Crippen LogP contribution in [-0.2, 0) is 16.6 Å². The standard InChI is InChI=1S/C14H15ClN2O3S/c1-9-3-6-14(10(2)16-9)17-21(19,20)12-5-4-11(8-18)13(15)7-12/h3-7,17-18H,8H2,1-2H3. The molecule has 0 unspecified atom stereocenters. The number of aliphatic hydroxyl groups excluding tert-OH is 1. The lowest BCUT2D eigenvalue weighted by Crippen LogP contribution is -2.14. The number of pyridine rings is 1. The lowest BCUT2D eigenvalue weighted by atomic mass is 10.2. The van der Waals surface area contributed by atoms with Gasteiger partial charge in [-0.2, -0.15) is 0 Å². The van der Waals surface area contributed by atoms with Crippen LogP contribution >= 0.6 is 11.6 Å². The zero-order valence-electron chi connectivity index (χ0n) is 11.6. The van der Waals surface area contributed by atoms with E-state index in [1.165, 1.54) is 18.2 Å². The first-order valence-electron chi connectivity index (χ1n) is 6.20. The fourth-order valence-electron chi connectivity index (χ4n) is 1.82. The van der Waals surface area contributed by atoms with Crippen LogP contribution in [0.4, 0.5) is 5.69 Å². The third-order valence-corrected chi connectivity index (χ3v) is 4.69. The third kappa shape index (κ3) is 3.53. The van der Waals surface area contributed by atoms with Gasteiger partial charge in [-0.15, -0.1) is 0 Å². The number of halogens is 1. The zero-order valence-corrected chi connectivity index (χ0v) is 13.2. The van der Waals surface area contributed by atoms with Crippen molar-refractivity contribution in [2.45, 2.75) is 25.3 Å². The molecule has 0 bridgehead atoms. The highest BCUT2D eigenvalue weighted by Crippen LogP contribution is 2.23. The number of rotatable bonds is 4. The molecule has 2 aromatic rings. The van der Waals surface area contributed by atoms with E-state index < -0.39 is 10.0 Å². The molecule has 0 saturated carbocycles. The minimum atomic E-state index is -3.75. The highest BCUT2D eigenvalue weighted by Gasteiger charge is 2.17. The van der Waals surface area contributed by atoms with E-state index in [2.05, 4.69) is 9.71 Å². The molecule has 1 aromatic heterocycles. The first kappa shape index (κ1) is 15.8. The van der Waals surface area contributed by atoms with Gasteiger partial charge in [0.1, 0.15) is 0 Å². The molecule has 2 N–H and O–H groups in total. The topological polar surface area (TPSA) is 79.3 Å². The lowest BCUT2D eigenvalue weighted by Gasteiger charge is -2.11. The fourth-order valence-corrected chi connectivity index (χ4v) is 3.27. The number of nitrogens with one attached hydrogen (secondary N) is 1. The molecule has 1 aromatic carbocycles. The molecule has 0 aliphatic heterocycles. The Morgan fingerprint density at radius 3 is 2.52 bits per heavy atom. The summed E-state index contributed by atoms with van der Waals surface area (Å²) in [5.41, 5.74) is 2.30. The van der Waals surface area contributed by atoms with Crippen molar-refractivity contribution in [3.05, 3.63) is 52.3 Å². The van der Waals surface area contributed by atoms with Crippen LogP contribution in [0.1, 0.15) is 17.0 Å². The molecule has 0 radical (unpaired) electrons. The maximum atomic E-state index is 12.3. The van der Waals surface area contributed by atoms with Gasteiger partial charge in [0, 0.05) is 10.7 Å². The van der Waals surface area contributed by atoms with Crippen molar-refractivity contribution in [2.75, 3.05) is 4.72 Å². The maximum Gasteiger partial charge on any atom is 0.262 e. The molecule has 0 atom stereocenters. The molecule has 7 heteroatoms. The normalized spacial score (nSPS) is 11.4. The third-order valence-electron chi connectivity index (χ3n) is 2.97. The second kappa shape index (κ2) is 6.01. The Labute approximate surface area is 128 Å². The molecule has 0 saturated heterocycles. The summed E-state index contributed by atoms with van der Waals surface area (Å²) in [4.78, 5) is 4.24. The van der Waals surface area contributed by atoms with Gasteiger partial charge in [0.25, 0.3) is 10.0 Å². The van der Waals surface area contributed by atoms with Crippen LogP contribution in [0, 0.1) is 13.8 Å². The smallest absolute Gasteiger partial charge is 0.262 e. The quantitative estimate of drug-likeness (QED) is 0.905. The summed E-state index contributed by atoms with van der Waals surface area (Å²) in [6.45, 7) is 3.32. The highest BCUT2D eigenvalue weighted by molar-refractivity contribution is 7.92. The molecule has 0 aliphatic rings. The summed E-state index contributed by atoms with van der Waals surface area (Å²) in [6.07, 6.45) is 0. The largest absolute Gasteiger partial charge is 0.392 e. The molecule has 1 heterocycles. The molecule has 5 nitrogen and oxygen atoms in total. The van der Waals surface area contributed by atoms with Gasteiger partial charge >= 0.3 is 0 Å². The van der Waals surface area contributed by atoms with Crippen LogP contribution < -0.4 is 4.72 Å². The van der Waals surface area contributed by atoms with Crippen molar-refractivity contribution < 1.29 is 13.5 Å². The predicted octanol–water partition coefficient (Wildman–Crippen LogP) is 2.64. The van der Waals surface area contributed by atoms with E-state index in [-0.39, 0.29) is 16.5 Å². The minimum absolute atomic E-state index is 0.0321. The van der Waals surface area contributed by atoms with Gasteiger partial charge in [0.2, 0.25) is 0 Å². The van der Waals surface area contributed by atoms with E-state index in [1.807, 2.05) is 6.92 Å². The van der Waals surface area contributed by atoms with Crippen LogP contribution in [0.2, 0.25) is 5.02 Å². The summed E-state index contributed by atoms with van der Waals surface area (Å²) in [7, 11) is -3.75. The van der Waals surface area contributed by atoms with Crippen molar-refractivity contribution in [3.63, 3.8) is 0 Å². The van der Waals surface area contributed by atoms with Gasteiger partial charge in [-0.05, 0) is 43.7 Å².